The second-order valence-corrected chi connectivity index (χ2v) is 6.88. The Morgan fingerprint density at radius 3 is 2.18 bits per heavy atom. The second-order valence-electron chi connectivity index (χ2n) is 6.88. The lowest BCUT2D eigenvalue weighted by molar-refractivity contribution is -0.140. The molecule has 2 aromatic carbocycles. The van der Waals surface area contributed by atoms with Gasteiger partial charge in [0.1, 0.15) is 11.6 Å². The molecule has 3 rings (SSSR count). The molecule has 0 radical (unpaired) electrons. The van der Waals surface area contributed by atoms with Gasteiger partial charge in [-0.15, -0.1) is 0 Å². The molecule has 0 saturated carbocycles. The van der Waals surface area contributed by atoms with E-state index in [2.05, 4.69) is 0 Å². The minimum absolute atomic E-state index is 0.0177. The number of carbonyl (C=O) groups is 3. The smallest absolute Gasteiger partial charge is 0.341 e. The summed E-state index contributed by atoms with van der Waals surface area (Å²) in [5, 5.41) is 25.3. The first-order chi connectivity index (χ1) is 15.7. The van der Waals surface area contributed by atoms with Crippen LogP contribution in [0.4, 0.5) is 5.69 Å². The van der Waals surface area contributed by atoms with Gasteiger partial charge in [0.15, 0.2) is 24.7 Å². The van der Waals surface area contributed by atoms with E-state index in [1.807, 2.05) is 0 Å². The predicted molar refractivity (Wildman–Crippen MR) is 116 cm³/mol. The number of carboxylic acid groups (broad SMARTS) is 2. The number of benzene rings is 2. The van der Waals surface area contributed by atoms with Gasteiger partial charge in [-0.25, -0.2) is 9.59 Å². The van der Waals surface area contributed by atoms with E-state index in [9.17, 15) is 14.4 Å². The summed E-state index contributed by atoms with van der Waals surface area (Å²) in [6.07, 6.45) is 0. The van der Waals surface area contributed by atoms with Crippen LogP contribution in [0.2, 0.25) is 0 Å². The first-order valence-electron chi connectivity index (χ1n) is 9.58. The van der Waals surface area contributed by atoms with E-state index in [-0.39, 0.29) is 35.4 Å². The fourth-order valence-electron chi connectivity index (χ4n) is 3.20. The highest BCUT2D eigenvalue weighted by atomic mass is 16.5. The van der Waals surface area contributed by atoms with Crippen LogP contribution in [0, 0.1) is 5.41 Å². The second kappa shape index (κ2) is 9.73. The Morgan fingerprint density at radius 1 is 1.03 bits per heavy atom. The summed E-state index contributed by atoms with van der Waals surface area (Å²) in [5.41, 5.74) is 7.17. The van der Waals surface area contributed by atoms with Crippen LogP contribution in [0.1, 0.15) is 11.1 Å². The standard InChI is InChI=1S/C22H21N3O8/c1-31-17-9-25(14-5-2-12(3-6-14)21(23)24)22(30)20(17)13-4-7-15(32-10-18(26)27)16(8-13)33-11-19(28)29/h2-8H,9-11H2,1H3,(H3,23,24)(H,26,27)(H,28,29). The molecule has 0 bridgehead atoms. The number of methoxy groups -OCH3 is 1. The van der Waals surface area contributed by atoms with Gasteiger partial charge in [0.05, 0.1) is 19.2 Å². The van der Waals surface area contributed by atoms with Gasteiger partial charge < -0.3 is 35.1 Å². The van der Waals surface area contributed by atoms with Crippen molar-refractivity contribution >= 4 is 34.9 Å². The largest absolute Gasteiger partial charge is 0.498 e. The van der Waals surface area contributed by atoms with Crippen LogP contribution < -0.4 is 20.1 Å². The normalized spacial score (nSPS) is 13.1. The number of ether oxygens (including phenoxy) is 3. The Bertz CT molecular complexity index is 1140. The number of nitrogens with two attached hydrogens (primary N) is 1. The average Bonchev–Trinajstić information content (AvgIpc) is 3.12. The van der Waals surface area contributed by atoms with Crippen molar-refractivity contribution in [3.8, 4) is 11.5 Å². The summed E-state index contributed by atoms with van der Waals surface area (Å²) >= 11 is 0. The number of carboxylic acids is 2. The van der Waals surface area contributed by atoms with E-state index in [1.54, 1.807) is 24.3 Å². The molecule has 0 aliphatic carbocycles. The number of anilines is 1. The molecule has 2 aromatic rings. The van der Waals surface area contributed by atoms with E-state index < -0.39 is 25.2 Å². The third kappa shape index (κ3) is 5.21. The van der Waals surface area contributed by atoms with Crippen LogP contribution in [0.5, 0.6) is 11.5 Å². The predicted octanol–water partition coefficient (Wildman–Crippen LogP) is 1.30. The molecule has 0 fully saturated rings. The fraction of sp³-hybridized carbons (Fsp3) is 0.182. The van der Waals surface area contributed by atoms with E-state index >= 15 is 0 Å². The molecule has 172 valence electrons. The summed E-state index contributed by atoms with van der Waals surface area (Å²) in [7, 11) is 1.43. The van der Waals surface area contributed by atoms with Crippen LogP contribution in [0.15, 0.2) is 48.2 Å². The lowest BCUT2D eigenvalue weighted by Crippen LogP contribution is -2.26. The quantitative estimate of drug-likeness (QED) is 0.304. The number of amidine groups is 1. The highest BCUT2D eigenvalue weighted by Gasteiger charge is 2.34. The average molecular weight is 455 g/mol. The van der Waals surface area contributed by atoms with Crippen LogP contribution in [-0.4, -0.2) is 60.8 Å². The minimum Gasteiger partial charge on any atom is -0.498 e. The molecule has 1 amide bonds. The molecule has 0 unspecified atom stereocenters. The van der Waals surface area contributed by atoms with Gasteiger partial charge in [-0.3, -0.25) is 10.2 Å². The number of aliphatic carboxylic acids is 2. The van der Waals surface area contributed by atoms with Gasteiger partial charge in [0.2, 0.25) is 0 Å². The summed E-state index contributed by atoms with van der Waals surface area (Å²) < 4.78 is 15.8. The molecular formula is C22H21N3O8. The zero-order valence-electron chi connectivity index (χ0n) is 17.5. The molecule has 1 aliphatic heterocycles. The first-order valence-corrected chi connectivity index (χ1v) is 9.58. The van der Waals surface area contributed by atoms with E-state index in [0.29, 0.717) is 22.6 Å². The summed E-state index contributed by atoms with van der Waals surface area (Å²) in [6, 6.07) is 10.9. The number of carbonyl (C=O) groups excluding carboxylic acids is 1. The van der Waals surface area contributed by atoms with Gasteiger partial charge in [0.25, 0.3) is 5.91 Å². The zero-order valence-corrected chi connectivity index (χ0v) is 17.5. The topological polar surface area (TPSA) is 172 Å². The molecule has 11 heteroatoms. The zero-order chi connectivity index (χ0) is 24.1. The third-order valence-electron chi connectivity index (χ3n) is 4.71. The Balaban J connectivity index is 1.94. The highest BCUT2D eigenvalue weighted by Crippen LogP contribution is 2.37. The lowest BCUT2D eigenvalue weighted by Gasteiger charge is -2.17. The summed E-state index contributed by atoms with van der Waals surface area (Å²) in [4.78, 5) is 36.5. The maximum absolute atomic E-state index is 13.2. The van der Waals surface area contributed by atoms with Crippen molar-refractivity contribution in [3.05, 3.63) is 59.4 Å². The number of amides is 1. The number of hydrogen-bond donors (Lipinski definition) is 4. The van der Waals surface area contributed by atoms with Crippen LogP contribution in [0.25, 0.3) is 5.57 Å². The molecule has 0 aromatic heterocycles. The van der Waals surface area contributed by atoms with Gasteiger partial charge >= 0.3 is 11.9 Å². The minimum atomic E-state index is -1.24. The van der Waals surface area contributed by atoms with Gasteiger partial charge in [-0.1, -0.05) is 6.07 Å². The maximum atomic E-state index is 13.2. The third-order valence-corrected chi connectivity index (χ3v) is 4.71. The van der Waals surface area contributed by atoms with Gasteiger partial charge in [-0.05, 0) is 42.0 Å². The molecular weight excluding hydrogens is 434 g/mol. The SMILES string of the molecule is COC1=C(c2ccc(OCC(=O)O)c(OCC(=O)O)c2)C(=O)N(c2ccc(C(=N)N)cc2)C1. The number of hydrogen-bond acceptors (Lipinski definition) is 7. The summed E-state index contributed by atoms with van der Waals surface area (Å²) in [6.45, 7) is -1.20. The number of nitrogens with one attached hydrogen (secondary N) is 1. The Hall–Kier alpha value is -4.54. The number of nitrogen functional groups attached to an aromatic ring is 1. The van der Waals surface area contributed by atoms with E-state index in [0.717, 1.165) is 0 Å². The van der Waals surface area contributed by atoms with Crippen molar-refractivity contribution in [2.24, 2.45) is 5.73 Å². The monoisotopic (exact) mass is 455 g/mol. The van der Waals surface area contributed by atoms with Gasteiger partial charge in [0, 0.05) is 11.3 Å². The molecule has 1 heterocycles. The van der Waals surface area contributed by atoms with Crippen LogP contribution >= 0.6 is 0 Å². The number of nitrogens with zero attached hydrogens (tertiary/aromatic N) is 1. The van der Waals surface area contributed by atoms with Crippen molar-refractivity contribution < 1.29 is 38.8 Å². The highest BCUT2D eigenvalue weighted by molar-refractivity contribution is 6.29. The summed E-state index contributed by atoms with van der Waals surface area (Å²) in [5.74, 6) is -2.56. The fourth-order valence-corrected chi connectivity index (χ4v) is 3.20. The van der Waals surface area contributed by atoms with Crippen molar-refractivity contribution in [1.82, 2.24) is 0 Å². The Kier molecular flexibility index (Phi) is 6.82. The molecule has 33 heavy (non-hydrogen) atoms. The molecule has 0 saturated heterocycles. The number of rotatable bonds is 10. The molecule has 1 aliphatic rings. The van der Waals surface area contributed by atoms with Crippen LogP contribution in [0.3, 0.4) is 0 Å². The van der Waals surface area contributed by atoms with Crippen LogP contribution in [-0.2, 0) is 19.1 Å². The Morgan fingerprint density at radius 2 is 1.64 bits per heavy atom. The van der Waals surface area contributed by atoms with E-state index in [4.69, 9.17) is 35.6 Å². The molecule has 5 N–H and O–H groups in total. The lowest BCUT2D eigenvalue weighted by atomic mass is 10.0. The molecule has 11 nitrogen and oxygen atoms in total. The van der Waals surface area contributed by atoms with Crippen molar-refractivity contribution in [2.75, 3.05) is 31.8 Å². The molecule has 0 atom stereocenters. The maximum Gasteiger partial charge on any atom is 0.341 e. The van der Waals surface area contributed by atoms with Crippen molar-refractivity contribution in [1.29, 1.82) is 5.41 Å². The van der Waals surface area contributed by atoms with Gasteiger partial charge in [-0.2, -0.15) is 0 Å². The molecule has 0 spiro atoms. The Labute approximate surface area is 188 Å². The van der Waals surface area contributed by atoms with Crippen molar-refractivity contribution in [3.63, 3.8) is 0 Å². The van der Waals surface area contributed by atoms with Crippen molar-refractivity contribution in [2.45, 2.75) is 0 Å². The first kappa shape index (κ1) is 23.1. The van der Waals surface area contributed by atoms with E-state index in [1.165, 1.54) is 30.2 Å².